The average Bonchev–Trinajstić information content (AvgIpc) is 2.35. The van der Waals surface area contributed by atoms with Crippen molar-refractivity contribution in [3.05, 3.63) is 16.1 Å². The summed E-state index contributed by atoms with van der Waals surface area (Å²) < 4.78 is 0. The summed E-state index contributed by atoms with van der Waals surface area (Å²) in [4.78, 5) is 5.36. The van der Waals surface area contributed by atoms with Crippen molar-refractivity contribution >= 4 is 28.7 Å². The predicted octanol–water partition coefficient (Wildman–Crippen LogP) is 2.28. The van der Waals surface area contributed by atoms with Crippen LogP contribution in [0.2, 0.25) is 5.02 Å². The Kier molecular flexibility index (Phi) is 4.70. The lowest BCUT2D eigenvalue weighted by atomic mass is 10.0. The molecule has 0 bridgehead atoms. The van der Waals surface area contributed by atoms with Crippen molar-refractivity contribution in [2.24, 2.45) is 0 Å². The zero-order valence-electron chi connectivity index (χ0n) is 12.6. The van der Waals surface area contributed by atoms with Gasteiger partial charge in [0.2, 0.25) is 0 Å². The second-order valence-electron chi connectivity index (χ2n) is 5.02. The number of anilines is 3. The monoisotopic (exact) mass is 291 g/mol. The molecule has 0 saturated heterocycles. The molecule has 0 aliphatic rings. The molecular weight excluding hydrogens is 274 g/mol. The van der Waals surface area contributed by atoms with Gasteiger partial charge >= 0.3 is 0 Å². The maximum atomic E-state index is 9.49. The van der Waals surface area contributed by atoms with E-state index < -0.39 is 0 Å². The van der Waals surface area contributed by atoms with Crippen LogP contribution in [0.25, 0.3) is 0 Å². The number of benzene rings is 1. The first-order valence-electron chi connectivity index (χ1n) is 5.99. The normalized spacial score (nSPS) is 9.65. The van der Waals surface area contributed by atoms with E-state index in [1.54, 1.807) is 14.7 Å². The van der Waals surface area contributed by atoms with E-state index in [0.717, 1.165) is 0 Å². The van der Waals surface area contributed by atoms with Crippen molar-refractivity contribution in [3.63, 3.8) is 0 Å². The third-order valence-corrected chi connectivity index (χ3v) is 3.29. The van der Waals surface area contributed by atoms with Crippen LogP contribution in [-0.4, -0.2) is 42.3 Å². The van der Waals surface area contributed by atoms with Crippen molar-refractivity contribution < 1.29 is 0 Å². The molecule has 0 unspecified atom stereocenters. The predicted molar refractivity (Wildman–Crippen MR) is 83.9 cm³/mol. The highest BCUT2D eigenvalue weighted by atomic mass is 35.5. The summed E-state index contributed by atoms with van der Waals surface area (Å²) in [5.41, 5.74) is 2.66. The van der Waals surface area contributed by atoms with Crippen molar-refractivity contribution in [3.8, 4) is 12.1 Å². The first-order valence-corrected chi connectivity index (χ1v) is 6.37. The van der Waals surface area contributed by atoms with Gasteiger partial charge in [0.1, 0.15) is 23.3 Å². The summed E-state index contributed by atoms with van der Waals surface area (Å²) >= 11 is 6.44. The minimum Gasteiger partial charge on any atom is -0.375 e. The zero-order valence-corrected chi connectivity index (χ0v) is 13.4. The van der Waals surface area contributed by atoms with E-state index in [2.05, 4.69) is 12.1 Å². The minimum atomic E-state index is 0.409. The molecule has 0 fully saturated rings. The van der Waals surface area contributed by atoms with Gasteiger partial charge in [-0.3, -0.25) is 0 Å². The molecule has 0 aliphatic carbocycles. The van der Waals surface area contributed by atoms with Crippen molar-refractivity contribution in [1.82, 2.24) is 0 Å². The van der Waals surface area contributed by atoms with Gasteiger partial charge in [0.25, 0.3) is 0 Å². The fourth-order valence-electron chi connectivity index (χ4n) is 2.18. The van der Waals surface area contributed by atoms with Crippen LogP contribution < -0.4 is 14.7 Å². The quantitative estimate of drug-likeness (QED) is 0.855. The molecule has 5 nitrogen and oxygen atoms in total. The molecule has 1 aromatic rings. The summed E-state index contributed by atoms with van der Waals surface area (Å²) in [5, 5.41) is 19.4. The van der Waals surface area contributed by atoms with Gasteiger partial charge in [0.05, 0.1) is 22.1 Å². The summed E-state index contributed by atoms with van der Waals surface area (Å²) in [5.74, 6) is 0. The van der Waals surface area contributed by atoms with E-state index in [-0.39, 0.29) is 0 Å². The smallest absolute Gasteiger partial charge is 0.104 e. The third-order valence-electron chi connectivity index (χ3n) is 2.93. The standard InChI is InChI=1S/C14H18ClN5/c1-18(2)12-9(7-16)13(19(3)4)11(15)14(20(5)6)10(12)8-17/h1-6H3. The highest BCUT2D eigenvalue weighted by Crippen LogP contribution is 2.45. The summed E-state index contributed by atoms with van der Waals surface area (Å²) in [7, 11) is 10.9. The summed E-state index contributed by atoms with van der Waals surface area (Å²) in [6, 6.07) is 4.34. The highest BCUT2D eigenvalue weighted by Gasteiger charge is 2.26. The molecule has 0 spiro atoms. The molecule has 1 rings (SSSR count). The van der Waals surface area contributed by atoms with Crippen LogP contribution in [0.4, 0.5) is 17.1 Å². The Bertz CT molecular complexity index is 558. The molecule has 0 aliphatic heterocycles. The molecule has 20 heavy (non-hydrogen) atoms. The maximum absolute atomic E-state index is 9.49. The lowest BCUT2D eigenvalue weighted by Gasteiger charge is -2.28. The van der Waals surface area contributed by atoms with Gasteiger partial charge in [-0.15, -0.1) is 0 Å². The Balaban J connectivity index is 4.03. The number of nitrogens with zero attached hydrogens (tertiary/aromatic N) is 5. The van der Waals surface area contributed by atoms with Crippen LogP contribution in [-0.2, 0) is 0 Å². The maximum Gasteiger partial charge on any atom is 0.104 e. The van der Waals surface area contributed by atoms with Crippen LogP contribution in [0.3, 0.4) is 0 Å². The molecule has 0 amide bonds. The van der Waals surface area contributed by atoms with Crippen LogP contribution in [0.15, 0.2) is 0 Å². The number of halogens is 1. The van der Waals surface area contributed by atoms with E-state index in [4.69, 9.17) is 11.6 Å². The second kappa shape index (κ2) is 5.90. The van der Waals surface area contributed by atoms with Gasteiger partial charge in [0, 0.05) is 42.3 Å². The van der Waals surface area contributed by atoms with Crippen molar-refractivity contribution in [2.45, 2.75) is 0 Å². The Labute approximate surface area is 125 Å². The highest BCUT2D eigenvalue weighted by molar-refractivity contribution is 6.37. The summed E-state index contributed by atoms with van der Waals surface area (Å²) in [6.45, 7) is 0. The first-order chi connectivity index (χ1) is 9.27. The molecule has 0 N–H and O–H groups in total. The largest absolute Gasteiger partial charge is 0.375 e. The van der Waals surface area contributed by atoms with Gasteiger partial charge in [-0.25, -0.2) is 0 Å². The fourth-order valence-corrected chi connectivity index (χ4v) is 2.71. The second-order valence-corrected chi connectivity index (χ2v) is 5.39. The zero-order chi connectivity index (χ0) is 15.6. The first kappa shape index (κ1) is 15.9. The Morgan fingerprint density at radius 2 is 1.00 bits per heavy atom. The minimum absolute atomic E-state index is 0.409. The third kappa shape index (κ3) is 2.45. The Morgan fingerprint density at radius 3 is 1.20 bits per heavy atom. The van der Waals surface area contributed by atoms with E-state index >= 15 is 0 Å². The molecule has 106 valence electrons. The van der Waals surface area contributed by atoms with Crippen LogP contribution in [0, 0.1) is 22.7 Å². The van der Waals surface area contributed by atoms with Crippen LogP contribution in [0.1, 0.15) is 11.1 Å². The molecule has 6 heteroatoms. The Morgan fingerprint density at radius 1 is 0.700 bits per heavy atom. The van der Waals surface area contributed by atoms with Gasteiger partial charge in [-0.2, -0.15) is 10.5 Å². The molecule has 0 aromatic heterocycles. The van der Waals surface area contributed by atoms with Gasteiger partial charge < -0.3 is 14.7 Å². The van der Waals surface area contributed by atoms with Crippen molar-refractivity contribution in [1.29, 1.82) is 10.5 Å². The average molecular weight is 292 g/mol. The van der Waals surface area contributed by atoms with E-state index in [1.807, 2.05) is 42.3 Å². The Hall–Kier alpha value is -2.11. The van der Waals surface area contributed by atoms with E-state index in [1.165, 1.54) is 0 Å². The molecule has 1 aromatic carbocycles. The molecular formula is C14H18ClN5. The number of hydrogen-bond donors (Lipinski definition) is 0. The lowest BCUT2D eigenvalue weighted by Crippen LogP contribution is -2.21. The molecule has 0 heterocycles. The summed E-state index contributed by atoms with van der Waals surface area (Å²) in [6.07, 6.45) is 0. The lowest BCUT2D eigenvalue weighted by molar-refractivity contribution is 1.06. The fraction of sp³-hybridized carbons (Fsp3) is 0.429. The number of nitriles is 2. The van der Waals surface area contributed by atoms with Crippen molar-refractivity contribution in [2.75, 3.05) is 57.0 Å². The molecule has 0 radical (unpaired) electrons. The van der Waals surface area contributed by atoms with Crippen LogP contribution in [0.5, 0.6) is 0 Å². The molecule has 0 atom stereocenters. The van der Waals surface area contributed by atoms with E-state index in [0.29, 0.717) is 33.2 Å². The van der Waals surface area contributed by atoms with Crippen LogP contribution >= 0.6 is 11.6 Å². The van der Waals surface area contributed by atoms with Gasteiger partial charge in [-0.1, -0.05) is 11.6 Å². The van der Waals surface area contributed by atoms with Gasteiger partial charge in [0.15, 0.2) is 0 Å². The SMILES string of the molecule is CN(C)c1c(Cl)c(N(C)C)c(C#N)c(N(C)C)c1C#N. The van der Waals surface area contributed by atoms with E-state index in [9.17, 15) is 10.5 Å². The number of hydrogen-bond acceptors (Lipinski definition) is 5. The topological polar surface area (TPSA) is 57.3 Å². The molecule has 0 saturated carbocycles. The number of rotatable bonds is 3. The van der Waals surface area contributed by atoms with Gasteiger partial charge in [-0.05, 0) is 0 Å².